The SMILES string of the molecule is O=C(c1cc(-c2ccc(F)cc2)n[nH]1)N1CCC(F)(C(=O)O)C1. The number of amides is 1. The number of rotatable bonds is 3. The molecule has 1 aromatic heterocycles. The smallest absolute Gasteiger partial charge is 0.343 e. The van der Waals surface area contributed by atoms with Crippen molar-refractivity contribution >= 4 is 11.9 Å². The standard InChI is InChI=1S/C15H13F2N3O3/c16-10-3-1-9(2-4-10)11-7-12(19-18-11)13(21)20-6-5-15(17,8-20)14(22)23/h1-4,7H,5-6,8H2,(H,18,19)(H,22,23). The second-order valence-corrected chi connectivity index (χ2v) is 5.42. The van der Waals surface area contributed by atoms with Crippen LogP contribution in [0.25, 0.3) is 11.3 Å². The second-order valence-electron chi connectivity index (χ2n) is 5.42. The van der Waals surface area contributed by atoms with E-state index >= 15 is 0 Å². The van der Waals surface area contributed by atoms with E-state index in [1.807, 2.05) is 0 Å². The fourth-order valence-corrected chi connectivity index (χ4v) is 2.49. The van der Waals surface area contributed by atoms with Crippen molar-refractivity contribution in [3.8, 4) is 11.3 Å². The summed E-state index contributed by atoms with van der Waals surface area (Å²) >= 11 is 0. The minimum absolute atomic E-state index is 0.0204. The molecule has 8 heteroatoms. The molecule has 120 valence electrons. The molecule has 1 amide bonds. The largest absolute Gasteiger partial charge is 0.479 e. The van der Waals surface area contributed by atoms with Crippen LogP contribution in [0.1, 0.15) is 16.9 Å². The minimum Gasteiger partial charge on any atom is -0.479 e. The zero-order valence-electron chi connectivity index (χ0n) is 11.9. The Kier molecular flexibility index (Phi) is 3.59. The Labute approximate surface area is 129 Å². The average molecular weight is 321 g/mol. The predicted molar refractivity (Wildman–Crippen MR) is 76.0 cm³/mol. The van der Waals surface area contributed by atoms with Gasteiger partial charge < -0.3 is 10.0 Å². The first-order valence-electron chi connectivity index (χ1n) is 6.92. The van der Waals surface area contributed by atoms with Crippen molar-refractivity contribution in [1.29, 1.82) is 0 Å². The Morgan fingerprint density at radius 3 is 2.61 bits per heavy atom. The maximum atomic E-state index is 14.0. The number of H-pyrrole nitrogens is 1. The van der Waals surface area contributed by atoms with Crippen LogP contribution in [-0.2, 0) is 4.79 Å². The van der Waals surface area contributed by atoms with E-state index in [1.165, 1.54) is 30.3 Å². The maximum absolute atomic E-state index is 14.0. The molecule has 6 nitrogen and oxygen atoms in total. The summed E-state index contributed by atoms with van der Waals surface area (Å²) in [6.45, 7) is -0.474. The van der Waals surface area contributed by atoms with Crippen LogP contribution in [0.3, 0.4) is 0 Å². The van der Waals surface area contributed by atoms with Crippen molar-refractivity contribution in [2.75, 3.05) is 13.1 Å². The third kappa shape index (κ3) is 2.79. The molecule has 1 saturated heterocycles. The van der Waals surface area contributed by atoms with E-state index in [1.54, 1.807) is 0 Å². The number of nitrogens with zero attached hydrogens (tertiary/aromatic N) is 2. The lowest BCUT2D eigenvalue weighted by Crippen LogP contribution is -2.39. The molecular weight excluding hydrogens is 308 g/mol. The van der Waals surface area contributed by atoms with Crippen molar-refractivity contribution in [3.05, 3.63) is 41.8 Å². The van der Waals surface area contributed by atoms with E-state index < -0.39 is 24.1 Å². The van der Waals surface area contributed by atoms with E-state index in [-0.39, 0.29) is 24.5 Å². The van der Waals surface area contributed by atoms with Crippen molar-refractivity contribution in [1.82, 2.24) is 15.1 Å². The number of nitrogens with one attached hydrogen (secondary N) is 1. The van der Waals surface area contributed by atoms with Crippen LogP contribution >= 0.6 is 0 Å². The molecular formula is C15H13F2N3O3. The molecule has 0 aliphatic carbocycles. The van der Waals surface area contributed by atoms with Gasteiger partial charge in [-0.15, -0.1) is 0 Å². The van der Waals surface area contributed by atoms with E-state index in [4.69, 9.17) is 5.11 Å². The van der Waals surface area contributed by atoms with E-state index in [2.05, 4.69) is 10.2 Å². The third-order valence-corrected chi connectivity index (χ3v) is 3.84. The molecule has 2 N–H and O–H groups in total. The number of aliphatic carboxylic acids is 1. The fraction of sp³-hybridized carbons (Fsp3) is 0.267. The molecule has 1 unspecified atom stereocenters. The predicted octanol–water partition coefficient (Wildman–Crippen LogP) is 1.85. The Hall–Kier alpha value is -2.77. The highest BCUT2D eigenvalue weighted by molar-refractivity contribution is 5.94. The molecule has 0 bridgehead atoms. The van der Waals surface area contributed by atoms with Gasteiger partial charge in [-0.25, -0.2) is 13.6 Å². The zero-order chi connectivity index (χ0) is 16.6. The highest BCUT2D eigenvalue weighted by Crippen LogP contribution is 2.27. The molecule has 23 heavy (non-hydrogen) atoms. The van der Waals surface area contributed by atoms with E-state index in [0.29, 0.717) is 11.3 Å². The summed E-state index contributed by atoms with van der Waals surface area (Å²) in [7, 11) is 0. The van der Waals surface area contributed by atoms with Gasteiger partial charge in [0.15, 0.2) is 0 Å². The first-order valence-corrected chi connectivity index (χ1v) is 6.92. The first-order chi connectivity index (χ1) is 10.9. The molecule has 2 heterocycles. The molecule has 0 spiro atoms. The Bertz CT molecular complexity index is 760. The Morgan fingerprint density at radius 1 is 1.30 bits per heavy atom. The van der Waals surface area contributed by atoms with Crippen LogP contribution in [-0.4, -0.2) is 50.8 Å². The number of alkyl halides is 1. The van der Waals surface area contributed by atoms with Gasteiger partial charge in [-0.3, -0.25) is 9.89 Å². The van der Waals surface area contributed by atoms with Gasteiger partial charge >= 0.3 is 5.97 Å². The number of carboxylic acid groups (broad SMARTS) is 1. The van der Waals surface area contributed by atoms with E-state index in [9.17, 15) is 18.4 Å². The quantitative estimate of drug-likeness (QED) is 0.903. The van der Waals surface area contributed by atoms with Gasteiger partial charge in [0.05, 0.1) is 12.2 Å². The number of hydrogen-bond acceptors (Lipinski definition) is 3. The average Bonchev–Trinajstić information content (AvgIpc) is 3.15. The summed E-state index contributed by atoms with van der Waals surface area (Å²) in [6, 6.07) is 7.06. The number of aromatic amines is 1. The Balaban J connectivity index is 1.77. The van der Waals surface area contributed by atoms with Crippen LogP contribution in [0, 0.1) is 5.82 Å². The van der Waals surface area contributed by atoms with Crippen LogP contribution < -0.4 is 0 Å². The summed E-state index contributed by atoms with van der Waals surface area (Å²) in [6.07, 6.45) is -0.243. The highest BCUT2D eigenvalue weighted by atomic mass is 19.1. The van der Waals surface area contributed by atoms with Crippen LogP contribution in [0.4, 0.5) is 8.78 Å². The third-order valence-electron chi connectivity index (χ3n) is 3.84. The minimum atomic E-state index is -2.41. The number of likely N-dealkylation sites (tertiary alicyclic amines) is 1. The van der Waals surface area contributed by atoms with Crippen LogP contribution in [0.5, 0.6) is 0 Å². The summed E-state index contributed by atoms with van der Waals surface area (Å²) in [5.74, 6) is -2.47. The van der Waals surface area contributed by atoms with Crippen molar-refractivity contribution in [2.45, 2.75) is 12.1 Å². The van der Waals surface area contributed by atoms with Crippen molar-refractivity contribution in [3.63, 3.8) is 0 Å². The van der Waals surface area contributed by atoms with Gasteiger partial charge in [0, 0.05) is 18.5 Å². The lowest BCUT2D eigenvalue weighted by Gasteiger charge is -2.16. The monoisotopic (exact) mass is 321 g/mol. The Morgan fingerprint density at radius 2 is 2.00 bits per heavy atom. The zero-order valence-corrected chi connectivity index (χ0v) is 11.9. The molecule has 1 atom stereocenters. The summed E-state index contributed by atoms with van der Waals surface area (Å²) < 4.78 is 26.9. The highest BCUT2D eigenvalue weighted by Gasteiger charge is 2.47. The molecule has 0 radical (unpaired) electrons. The topological polar surface area (TPSA) is 86.3 Å². The molecule has 2 aromatic rings. The van der Waals surface area contributed by atoms with Crippen LogP contribution in [0.2, 0.25) is 0 Å². The second kappa shape index (κ2) is 5.45. The first kappa shape index (κ1) is 15.1. The summed E-state index contributed by atoms with van der Waals surface area (Å²) in [5, 5.41) is 15.4. The van der Waals surface area contributed by atoms with Gasteiger partial charge in [0.25, 0.3) is 5.91 Å². The van der Waals surface area contributed by atoms with Gasteiger partial charge in [-0.05, 0) is 30.3 Å². The van der Waals surface area contributed by atoms with Crippen molar-refractivity contribution in [2.24, 2.45) is 0 Å². The lowest BCUT2D eigenvalue weighted by atomic mass is 10.1. The summed E-state index contributed by atoms with van der Waals surface area (Å²) in [5.41, 5.74) is -1.22. The van der Waals surface area contributed by atoms with Gasteiger partial charge in [-0.1, -0.05) is 0 Å². The van der Waals surface area contributed by atoms with Gasteiger partial charge in [-0.2, -0.15) is 5.10 Å². The maximum Gasteiger partial charge on any atom is 0.343 e. The fourth-order valence-electron chi connectivity index (χ4n) is 2.49. The van der Waals surface area contributed by atoms with Crippen LogP contribution in [0.15, 0.2) is 30.3 Å². The number of halogens is 2. The molecule has 3 rings (SSSR count). The molecule has 1 aliphatic heterocycles. The van der Waals surface area contributed by atoms with E-state index in [0.717, 1.165) is 4.90 Å². The van der Waals surface area contributed by atoms with Crippen molar-refractivity contribution < 1.29 is 23.5 Å². The number of hydrogen-bond donors (Lipinski definition) is 2. The molecule has 0 saturated carbocycles. The lowest BCUT2D eigenvalue weighted by molar-refractivity contribution is -0.149. The normalized spacial score (nSPS) is 20.7. The molecule has 1 aromatic carbocycles. The number of carboxylic acids is 1. The van der Waals surface area contributed by atoms with Gasteiger partial charge in [0.1, 0.15) is 11.5 Å². The number of carbonyl (C=O) groups excluding carboxylic acids is 1. The number of benzene rings is 1. The summed E-state index contributed by atoms with van der Waals surface area (Å²) in [4.78, 5) is 24.3. The number of carbonyl (C=O) groups is 2. The number of aromatic nitrogens is 2. The molecule has 1 fully saturated rings. The van der Waals surface area contributed by atoms with Gasteiger partial charge in [0.2, 0.25) is 5.67 Å². The molecule has 1 aliphatic rings.